The van der Waals surface area contributed by atoms with Crippen LogP contribution < -0.4 is 0 Å². The van der Waals surface area contributed by atoms with Gasteiger partial charge in [0.15, 0.2) is 5.92 Å². The van der Waals surface area contributed by atoms with Gasteiger partial charge in [-0.2, -0.15) is 0 Å². The highest BCUT2D eigenvalue weighted by Crippen LogP contribution is 1.40. The van der Waals surface area contributed by atoms with Gasteiger partial charge in [0.1, 0.15) is 5.92 Å². The molecular formula is C5H3+. The maximum Gasteiger partial charge on any atom is 0.216 e. The summed E-state index contributed by atoms with van der Waals surface area (Å²) in [6.07, 6.45) is 4.68. The van der Waals surface area contributed by atoms with E-state index in [0.717, 1.165) is 0 Å². The quantitative estimate of drug-likeness (QED) is 0.283. The van der Waals surface area contributed by atoms with Crippen LogP contribution >= 0.6 is 0 Å². The molecule has 0 saturated heterocycles. The molecule has 0 heteroatoms. The molecule has 22 valence electrons. The van der Waals surface area contributed by atoms with Crippen LogP contribution in [0, 0.1) is 31.1 Å². The van der Waals surface area contributed by atoms with Gasteiger partial charge in [0, 0.05) is 0 Å². The van der Waals surface area contributed by atoms with E-state index in [9.17, 15) is 0 Å². The smallest absolute Gasteiger partial charge is 0.0818 e. The van der Waals surface area contributed by atoms with Crippen LogP contribution in [0.25, 0.3) is 0 Å². The fraction of sp³-hybridized carbons (Fsp3) is 0. The van der Waals surface area contributed by atoms with Crippen LogP contribution in [-0.4, -0.2) is 0 Å². The third kappa shape index (κ3) is 2.99. The molecular weight excluding hydrogens is 60.1 g/mol. The average molecular weight is 63.1 g/mol. The van der Waals surface area contributed by atoms with Crippen molar-refractivity contribution in [3.63, 3.8) is 0 Å². The van der Waals surface area contributed by atoms with E-state index >= 15 is 0 Å². The van der Waals surface area contributed by atoms with Crippen LogP contribution in [0.1, 0.15) is 0 Å². The maximum atomic E-state index is 4.68. The van der Waals surface area contributed by atoms with E-state index in [-0.39, 0.29) is 0 Å². The molecule has 0 bridgehead atoms. The first-order valence-electron chi connectivity index (χ1n) is 1.14. The third-order valence-electron chi connectivity index (χ3n) is 0.161. The van der Waals surface area contributed by atoms with Gasteiger partial charge in [-0.25, -0.2) is 0 Å². The largest absolute Gasteiger partial charge is 0.216 e. The Labute approximate surface area is 32.2 Å². The Morgan fingerprint density at radius 1 is 1.60 bits per heavy atom. The molecule has 0 rings (SSSR count). The summed E-state index contributed by atoms with van der Waals surface area (Å²) in [5.41, 5.74) is 0. The molecule has 0 amide bonds. The lowest BCUT2D eigenvalue weighted by atomic mass is 10.6. The molecule has 0 radical (unpaired) electrons. The third-order valence-corrected chi connectivity index (χ3v) is 0.161. The van der Waals surface area contributed by atoms with Crippen LogP contribution in [0.5, 0.6) is 0 Å². The van der Waals surface area contributed by atoms with Crippen LogP contribution in [-0.2, 0) is 0 Å². The lowest BCUT2D eigenvalue weighted by Crippen LogP contribution is -1.37. The van der Waals surface area contributed by atoms with Gasteiger partial charge >= 0.3 is 0 Å². The monoisotopic (exact) mass is 63.0 g/mol. The number of hydrogen-bond donors (Lipinski definition) is 0. The molecule has 0 heterocycles. The summed E-state index contributed by atoms with van der Waals surface area (Å²) in [6, 6.07) is 0. The highest BCUT2D eigenvalue weighted by Gasteiger charge is 1.53. The van der Waals surface area contributed by atoms with Crippen molar-refractivity contribution in [2.24, 2.45) is 0 Å². The Kier molecular flexibility index (Phi) is 2.39. The lowest BCUT2D eigenvalue weighted by Gasteiger charge is -1.24. The minimum atomic E-state index is 2.09. The van der Waals surface area contributed by atoms with E-state index in [1.54, 1.807) is 0 Å². The van der Waals surface area contributed by atoms with Gasteiger partial charge in [0.2, 0.25) is 5.92 Å². The number of terminal acetylenes is 1. The minimum absolute atomic E-state index is 2.09. The summed E-state index contributed by atoms with van der Waals surface area (Å²) in [4.78, 5) is 0. The van der Waals surface area contributed by atoms with Crippen molar-refractivity contribution < 1.29 is 0 Å². The average Bonchev–Trinajstić information content (AvgIpc) is 1.41. The molecule has 0 aromatic heterocycles. The summed E-state index contributed by atoms with van der Waals surface area (Å²) in [5, 5.41) is 0. The molecule has 0 fully saturated rings. The van der Waals surface area contributed by atoms with Crippen molar-refractivity contribution in [1.29, 1.82) is 0 Å². The second-order valence-electron chi connectivity index (χ2n) is 0.446. The first-order valence-corrected chi connectivity index (χ1v) is 1.14. The predicted octanol–water partition coefficient (Wildman–Crippen LogP) is 0.457. The summed E-state index contributed by atoms with van der Waals surface area (Å²) >= 11 is 0. The second-order valence-corrected chi connectivity index (χ2v) is 0.446. The highest BCUT2D eigenvalue weighted by atomic mass is 13.4. The SMILES string of the molecule is C#CC#C[CH2+]. The minimum Gasteiger partial charge on any atom is -0.0818 e. The van der Waals surface area contributed by atoms with Gasteiger partial charge in [0.05, 0.1) is 6.92 Å². The van der Waals surface area contributed by atoms with Crippen LogP contribution in [0.3, 0.4) is 0 Å². The van der Waals surface area contributed by atoms with Crippen molar-refractivity contribution in [3.8, 4) is 24.2 Å². The van der Waals surface area contributed by atoms with Crippen molar-refractivity contribution in [2.45, 2.75) is 0 Å². The highest BCUT2D eigenvalue weighted by molar-refractivity contribution is 5.22. The van der Waals surface area contributed by atoms with E-state index in [0.29, 0.717) is 0 Å². The van der Waals surface area contributed by atoms with Crippen LogP contribution in [0.2, 0.25) is 0 Å². The zero-order valence-electron chi connectivity index (χ0n) is 2.78. The molecule has 0 aromatic carbocycles. The molecule has 0 atom stereocenters. The van der Waals surface area contributed by atoms with Crippen molar-refractivity contribution in [1.82, 2.24) is 0 Å². The maximum absolute atomic E-state index is 4.68. The first kappa shape index (κ1) is 3.99. The Morgan fingerprint density at radius 2 is 2.20 bits per heavy atom. The molecule has 0 unspecified atom stereocenters. The fourth-order valence-corrected chi connectivity index (χ4v) is 0.0510. The van der Waals surface area contributed by atoms with E-state index in [1.165, 1.54) is 0 Å². The van der Waals surface area contributed by atoms with Gasteiger partial charge in [-0.1, -0.05) is 6.42 Å². The number of rotatable bonds is 0. The standard InChI is InChI=1S/C5H3/c1-3-5-4-2/h1H,2H2/q+1. The Bertz CT molecular complexity index is 93.4. The number of hydrogen-bond acceptors (Lipinski definition) is 0. The molecule has 0 aliphatic rings. The van der Waals surface area contributed by atoms with Crippen molar-refractivity contribution in [3.05, 3.63) is 6.92 Å². The Balaban J connectivity index is 3.30. The first-order chi connectivity index (χ1) is 2.41. The van der Waals surface area contributed by atoms with Gasteiger partial charge < -0.3 is 0 Å². The van der Waals surface area contributed by atoms with Crippen LogP contribution in [0.4, 0.5) is 0 Å². The summed E-state index contributed by atoms with van der Waals surface area (Å²) < 4.78 is 0. The molecule has 0 nitrogen and oxygen atoms in total. The van der Waals surface area contributed by atoms with Gasteiger partial charge in [-0.3, -0.25) is 0 Å². The van der Waals surface area contributed by atoms with E-state index in [1.807, 2.05) is 0 Å². The molecule has 5 heavy (non-hydrogen) atoms. The van der Waals surface area contributed by atoms with Gasteiger partial charge in [-0.15, -0.1) is 0 Å². The fourth-order valence-electron chi connectivity index (χ4n) is 0.0510. The second kappa shape index (κ2) is 2.99. The van der Waals surface area contributed by atoms with E-state index in [4.69, 9.17) is 0 Å². The van der Waals surface area contributed by atoms with Crippen molar-refractivity contribution in [2.75, 3.05) is 0 Å². The molecule has 0 spiro atoms. The Morgan fingerprint density at radius 3 is 2.20 bits per heavy atom. The Hall–Kier alpha value is -1.01. The topological polar surface area (TPSA) is 0 Å². The molecule has 0 aliphatic heterocycles. The molecule has 0 aliphatic carbocycles. The van der Waals surface area contributed by atoms with E-state index < -0.39 is 0 Å². The zero-order chi connectivity index (χ0) is 4.12. The summed E-state index contributed by atoms with van der Waals surface area (Å²) in [6.45, 7) is 3.17. The normalized spacial score (nSPS) is 3.00. The van der Waals surface area contributed by atoms with E-state index in [2.05, 4.69) is 31.1 Å². The molecule has 0 aromatic rings. The van der Waals surface area contributed by atoms with Crippen LogP contribution in [0.15, 0.2) is 0 Å². The zero-order valence-corrected chi connectivity index (χ0v) is 2.78. The van der Waals surface area contributed by atoms with Gasteiger partial charge in [-0.05, 0) is 0 Å². The molecule has 0 saturated carbocycles. The molecule has 0 N–H and O–H groups in total. The van der Waals surface area contributed by atoms with Crippen molar-refractivity contribution >= 4 is 0 Å². The lowest BCUT2D eigenvalue weighted by molar-refractivity contribution is 2.35. The summed E-state index contributed by atoms with van der Waals surface area (Å²) in [5.74, 6) is 6.65. The predicted molar refractivity (Wildman–Crippen MR) is 22.0 cm³/mol. The summed E-state index contributed by atoms with van der Waals surface area (Å²) in [7, 11) is 0. The van der Waals surface area contributed by atoms with Gasteiger partial charge in [0.25, 0.3) is 0 Å².